The number of amides is 1. The summed E-state index contributed by atoms with van der Waals surface area (Å²) in [6.45, 7) is -2.49. The standard InChI is InChI=1S/C69H87N24O34P5/c1-31(2)60(96)80-47-10-14-90(69(102)81-47)49-18-35(42(119-49)25-114-131(108,109)126-37-20-51(89-13-9-46(71)79-68(89)101)120-43(37)26-115-130(106,107)124-34-17-52(117-39(34)22-94)92-29-76-55-58(92)83-65(73)86-62(55)98)123-128(103,15-11-32-6-4-3-5-7-32)112-24-41-38(21-53(122-41)93-30-77-56-59(93)84-66(74)87-63(56)99)127-132(110,111)116-27-44-36(19-50(121-44)88-12-8-45(70)78-67(88)100)125-129(104,105)113-23-40-33(95)16-48(118-40)91-28-75-54-57(91)82-64(72)85-61(54)97/h3-10,12-14,28-31,33-44,48-53,94-95H,11,15-27H2,1-2H3,(H,104,105)(H,106,107)(H,108,109)(H,110,111)(H2,70,78,100)(H2,71,79,101)(H3,72,82,85,97)(H3,73,83,86,98)(H3,74,84,87,99)(H,80,81,96,102)/t33-,34-,35-,36-,37-,38-,39+,40+,41+,42+,43?,44?,48+,49+,50+,51+,52+,53+,128?/m0/s1. The van der Waals surface area contributed by atoms with Crippen LogP contribution in [0.25, 0.3) is 33.5 Å². The third-order valence-electron chi connectivity index (χ3n) is 21.7. The minimum atomic E-state index is -5.62. The highest BCUT2D eigenvalue weighted by Gasteiger charge is 2.52. The van der Waals surface area contributed by atoms with E-state index in [0.717, 1.165) is 20.0 Å². The number of phosphoric ester groups is 4. The Morgan fingerprint density at radius 3 is 1.16 bits per heavy atom. The van der Waals surface area contributed by atoms with E-state index >= 15 is 4.57 Å². The minimum Gasteiger partial charge on any atom is -0.394 e. The number of nitrogens with two attached hydrogens (primary N) is 5. The van der Waals surface area contributed by atoms with Gasteiger partial charge in [-0.2, -0.15) is 29.9 Å². The average Bonchev–Trinajstić information content (AvgIpc) is 1.63. The van der Waals surface area contributed by atoms with Gasteiger partial charge in [0.1, 0.15) is 116 Å². The second-order valence-corrected chi connectivity index (χ2v) is 38.9. The van der Waals surface area contributed by atoms with Crippen LogP contribution >= 0.6 is 38.9 Å². The maximum atomic E-state index is 16.2. The van der Waals surface area contributed by atoms with Gasteiger partial charge in [0.25, 0.3) is 16.7 Å². The molecule has 7 unspecified atom stereocenters. The van der Waals surface area contributed by atoms with Crippen LogP contribution in [0, 0.1) is 5.92 Å². The third-order valence-corrected chi connectivity index (χ3v) is 27.7. The number of aliphatic hydroxyl groups is 2. The Labute approximate surface area is 738 Å². The SMILES string of the molecule is CC(C)C(=O)Nc1ccn([C@H]2C[C@H](OP(=O)(CCc3ccccc3)OC[C@H]3O[C@@H](n4cnc5c(=O)[nH]c(N)nc54)C[C@@H]3OP(=O)(O)OCC3O[C@@H](n4ccc(N)nc4=O)C[C@@H]3OP(=O)(O)OC[C@H]3O[C@@H](n4cnc5c(=O)[nH]c(N)nc54)C[C@@H]3O)[C@@H](COP(=O)(O)O[C@H]3C[C@H](n4ccc(N)nc4=O)OC3COP(=O)(O)O[C@H]3C[C@H](n4cnc5c(=O)[nH]c(N)nc54)O[C@@H]3CO)O2)c(=O)n1. The monoisotopic (exact) mass is 1950 g/mol. The van der Waals surface area contributed by atoms with Crippen molar-refractivity contribution in [1.29, 1.82) is 0 Å². The number of rotatable bonds is 37. The molecular weight excluding hydrogens is 1860 g/mol. The minimum absolute atomic E-state index is 0.00438. The van der Waals surface area contributed by atoms with E-state index in [1.165, 1.54) is 63.1 Å². The number of hydrogen-bond acceptors (Lipinski definition) is 44. The third kappa shape index (κ3) is 21.7. The lowest BCUT2D eigenvalue weighted by Gasteiger charge is -2.28. The fraction of sp³-hybridized carbons (Fsp3) is 0.507. The Bertz CT molecular complexity index is 6600. The Balaban J connectivity index is 0.644. The largest absolute Gasteiger partial charge is 0.472 e. The zero-order valence-electron chi connectivity index (χ0n) is 68.9. The predicted octanol–water partition coefficient (Wildman–Crippen LogP) is -0.413. The molecule has 1 aromatic carbocycles. The highest BCUT2D eigenvalue weighted by atomic mass is 31.2. The van der Waals surface area contributed by atoms with E-state index in [1.807, 2.05) is 0 Å². The number of aliphatic hydroxyl groups excluding tert-OH is 2. The number of anilines is 6. The van der Waals surface area contributed by atoms with Gasteiger partial charge in [0, 0.05) is 63.0 Å². The summed E-state index contributed by atoms with van der Waals surface area (Å²) in [6.07, 6.45) is -23.0. The molecule has 6 aliphatic rings. The first-order chi connectivity index (χ1) is 62.7. The van der Waals surface area contributed by atoms with Crippen molar-refractivity contribution in [3.8, 4) is 0 Å². The Kier molecular flexibility index (Phi) is 27.7. The molecular formula is C69H87N24O34P5. The zero-order valence-corrected chi connectivity index (χ0v) is 73.4. The van der Waals surface area contributed by atoms with Crippen LogP contribution in [0.2, 0.25) is 0 Å². The fourth-order valence-corrected chi connectivity index (χ4v) is 21.0. The summed E-state index contributed by atoms with van der Waals surface area (Å²) >= 11 is 0. The number of nitrogens with zero attached hydrogens (tertiary/aromatic N) is 15. The number of carbonyl (C=O) groups excluding carboxylic acids is 1. The summed E-state index contributed by atoms with van der Waals surface area (Å²) < 4.78 is 175. The normalized spacial score (nSPS) is 28.0. The second kappa shape index (κ2) is 38.6. The molecule has 0 aliphatic carbocycles. The average molecular weight is 1950 g/mol. The van der Waals surface area contributed by atoms with Gasteiger partial charge in [-0.05, 0) is 30.2 Å². The maximum Gasteiger partial charge on any atom is 0.472 e. The molecule has 0 radical (unpaired) electrons. The van der Waals surface area contributed by atoms with Crippen molar-refractivity contribution >= 4 is 114 Å². The molecule has 6 fully saturated rings. The highest BCUT2D eigenvalue weighted by molar-refractivity contribution is 7.53. The van der Waals surface area contributed by atoms with Gasteiger partial charge in [-0.1, -0.05) is 44.2 Å². The van der Waals surface area contributed by atoms with Crippen molar-refractivity contribution in [1.82, 2.24) is 87.2 Å². The molecule has 6 saturated heterocycles. The number of aromatic nitrogens is 18. The van der Waals surface area contributed by atoms with E-state index in [-0.39, 0.29) is 88.1 Å². The zero-order chi connectivity index (χ0) is 93.8. The van der Waals surface area contributed by atoms with Crippen molar-refractivity contribution < 1.29 is 131 Å². The molecule has 9 aromatic heterocycles. The van der Waals surface area contributed by atoms with Gasteiger partial charge in [0.05, 0.1) is 77.0 Å². The van der Waals surface area contributed by atoms with Crippen LogP contribution in [0.4, 0.5) is 35.3 Å². The lowest BCUT2D eigenvalue weighted by atomic mass is 10.2. The molecule has 23 atom stereocenters. The van der Waals surface area contributed by atoms with Gasteiger partial charge < -0.3 is 101 Å². The van der Waals surface area contributed by atoms with Crippen molar-refractivity contribution in [3.05, 3.63) is 154 Å². The van der Waals surface area contributed by atoms with Crippen LogP contribution in [0.15, 0.2) is 115 Å². The number of H-pyrrole nitrogens is 3. The Morgan fingerprint density at radius 1 is 0.447 bits per heavy atom. The molecule has 0 spiro atoms. The summed E-state index contributed by atoms with van der Waals surface area (Å²) in [4.78, 5) is 181. The summed E-state index contributed by atoms with van der Waals surface area (Å²) in [5.41, 5.74) is 23.8. The first-order valence-corrected chi connectivity index (χ1v) is 48.0. The van der Waals surface area contributed by atoms with E-state index in [4.69, 9.17) is 102 Å². The number of ether oxygens (including phenoxy) is 6. The van der Waals surface area contributed by atoms with Crippen molar-refractivity contribution in [2.24, 2.45) is 5.92 Å². The van der Waals surface area contributed by atoms with Crippen LogP contribution in [-0.2, 0) is 108 Å². The lowest BCUT2D eigenvalue weighted by Crippen LogP contribution is -2.32. The van der Waals surface area contributed by atoms with Crippen molar-refractivity contribution in [2.75, 3.05) is 79.8 Å². The van der Waals surface area contributed by atoms with Gasteiger partial charge in [-0.25, -0.2) is 47.6 Å². The first-order valence-electron chi connectivity index (χ1n) is 40.2. The summed E-state index contributed by atoms with van der Waals surface area (Å²) in [5.74, 6) is -2.56. The number of carbonyl (C=O) groups is 1. The van der Waals surface area contributed by atoms with Crippen molar-refractivity contribution in [3.63, 3.8) is 0 Å². The topological polar surface area (TPSA) is 809 Å². The Hall–Kier alpha value is -10.3. The number of phosphoric acid groups is 4. The van der Waals surface area contributed by atoms with Gasteiger partial charge in [-0.15, -0.1) is 0 Å². The number of imidazole rings is 3. The van der Waals surface area contributed by atoms with Crippen LogP contribution in [-0.4, -0.2) is 242 Å². The summed E-state index contributed by atoms with van der Waals surface area (Å²) in [7, 11) is -26.8. The number of benzene rings is 1. The second-order valence-electron chi connectivity index (χ2n) is 31.1. The molecule has 6 aliphatic heterocycles. The van der Waals surface area contributed by atoms with E-state index in [2.05, 4.69) is 65.1 Å². The molecule has 63 heteroatoms. The number of fused-ring (bicyclic) bond motifs is 3. The van der Waals surface area contributed by atoms with Gasteiger partial charge in [-0.3, -0.25) is 102 Å². The van der Waals surface area contributed by atoms with Crippen LogP contribution in [0.5, 0.6) is 0 Å². The van der Waals surface area contributed by atoms with Crippen molar-refractivity contribution in [2.45, 2.75) is 169 Å². The van der Waals surface area contributed by atoms with E-state index in [1.54, 1.807) is 44.2 Å². The number of hydrogen-bond donors (Lipinski definition) is 15. The molecule has 1 amide bonds. The smallest absolute Gasteiger partial charge is 0.394 e. The molecule has 58 nitrogen and oxygen atoms in total. The lowest BCUT2D eigenvalue weighted by molar-refractivity contribution is -0.118. The quantitative estimate of drug-likeness (QED) is 0.0220. The Morgan fingerprint density at radius 2 is 0.780 bits per heavy atom. The predicted molar refractivity (Wildman–Crippen MR) is 446 cm³/mol. The molecule has 16 rings (SSSR count). The van der Waals surface area contributed by atoms with Gasteiger partial charge in [0.2, 0.25) is 23.8 Å². The van der Waals surface area contributed by atoms with Gasteiger partial charge >= 0.3 is 56.0 Å². The van der Waals surface area contributed by atoms with Crippen LogP contribution < -0.4 is 67.7 Å². The molecule has 132 heavy (non-hydrogen) atoms. The summed E-state index contributed by atoms with van der Waals surface area (Å²) in [6, 6.07) is 12.1. The first kappa shape index (κ1) is 94.8. The maximum absolute atomic E-state index is 16.2. The number of nitrogens with one attached hydrogen (secondary N) is 4. The molecule has 15 heterocycles. The van der Waals surface area contributed by atoms with Crippen LogP contribution in [0.1, 0.15) is 95.3 Å². The van der Waals surface area contributed by atoms with E-state index in [0.29, 0.717) is 5.56 Å². The van der Waals surface area contributed by atoms with E-state index < -0.39 is 267 Å². The molecule has 0 bridgehead atoms. The number of aryl methyl sites for hydroxylation is 1. The summed E-state index contributed by atoms with van der Waals surface area (Å²) in [5, 5.41) is 23.9. The van der Waals surface area contributed by atoms with E-state index in [9.17, 15) is 81.6 Å². The highest BCUT2D eigenvalue weighted by Crippen LogP contribution is 2.58. The fourth-order valence-electron chi connectivity index (χ4n) is 15.4. The molecule has 0 saturated carbocycles. The molecule has 10 aromatic rings. The van der Waals surface area contributed by atoms with Gasteiger partial charge in [0.15, 0.2) is 33.5 Å². The number of aromatic amines is 3. The molecule has 712 valence electrons. The molecule has 20 N–H and O–H groups in total. The van der Waals surface area contributed by atoms with Crippen LogP contribution in [0.3, 0.4) is 0 Å². The number of nitrogen functional groups attached to an aromatic ring is 5.